The Labute approximate surface area is 153 Å². The van der Waals surface area contributed by atoms with Crippen molar-refractivity contribution >= 4 is 0 Å². The summed E-state index contributed by atoms with van der Waals surface area (Å²) in [4.78, 5) is 0. The van der Waals surface area contributed by atoms with Gasteiger partial charge in [0.2, 0.25) is 6.79 Å². The Balaban J connectivity index is 1.37. The van der Waals surface area contributed by atoms with Gasteiger partial charge in [-0.3, -0.25) is 0 Å². The summed E-state index contributed by atoms with van der Waals surface area (Å²) < 4.78 is 55.9. The van der Waals surface area contributed by atoms with Crippen molar-refractivity contribution in [1.82, 2.24) is 5.32 Å². The minimum atomic E-state index is -4.73. The average molecular weight is 385 g/mol. The van der Waals surface area contributed by atoms with Crippen LogP contribution < -0.4 is 24.3 Å². The van der Waals surface area contributed by atoms with E-state index in [0.29, 0.717) is 23.8 Å². The lowest BCUT2D eigenvalue weighted by Gasteiger charge is -2.14. The van der Waals surface area contributed by atoms with Crippen LogP contribution in [0.5, 0.6) is 23.0 Å². The highest BCUT2D eigenvalue weighted by molar-refractivity contribution is 5.44. The van der Waals surface area contributed by atoms with Gasteiger partial charge in [-0.05, 0) is 42.0 Å². The summed E-state index contributed by atoms with van der Waals surface area (Å²) in [6.45, 7) is 1.01. The molecule has 2 N–H and O–H groups in total. The summed E-state index contributed by atoms with van der Waals surface area (Å²) in [5.74, 6) is 1.40. The van der Waals surface area contributed by atoms with E-state index in [2.05, 4.69) is 10.1 Å². The number of ether oxygens (including phenoxy) is 4. The first-order chi connectivity index (χ1) is 12.9. The summed E-state index contributed by atoms with van der Waals surface area (Å²) in [6.07, 6.45) is -5.52. The maximum atomic E-state index is 12.1. The number of hydrogen-bond acceptors (Lipinski definition) is 6. The molecule has 1 aliphatic heterocycles. The molecule has 0 radical (unpaired) electrons. The normalized spacial score (nSPS) is 14.1. The molecule has 1 aliphatic rings. The molecule has 0 saturated heterocycles. The van der Waals surface area contributed by atoms with Crippen molar-refractivity contribution in [2.24, 2.45) is 0 Å². The van der Waals surface area contributed by atoms with E-state index in [1.807, 2.05) is 18.2 Å². The number of aliphatic hydroxyl groups is 1. The maximum Gasteiger partial charge on any atom is 0.573 e. The quantitative estimate of drug-likeness (QED) is 0.728. The minimum absolute atomic E-state index is 0.00634. The van der Waals surface area contributed by atoms with Gasteiger partial charge in [-0.2, -0.15) is 0 Å². The van der Waals surface area contributed by atoms with Gasteiger partial charge in [0.25, 0.3) is 0 Å². The van der Waals surface area contributed by atoms with Crippen LogP contribution >= 0.6 is 0 Å². The van der Waals surface area contributed by atoms with Gasteiger partial charge < -0.3 is 29.4 Å². The molecule has 3 rings (SSSR count). The van der Waals surface area contributed by atoms with E-state index < -0.39 is 12.5 Å². The zero-order valence-corrected chi connectivity index (χ0v) is 14.2. The number of halogens is 3. The molecule has 0 bridgehead atoms. The molecule has 0 aromatic heterocycles. The first kappa shape index (κ1) is 19.1. The van der Waals surface area contributed by atoms with Gasteiger partial charge in [0.15, 0.2) is 11.5 Å². The van der Waals surface area contributed by atoms with Crippen molar-refractivity contribution in [3.05, 3.63) is 48.0 Å². The van der Waals surface area contributed by atoms with E-state index in [1.165, 1.54) is 12.1 Å². The van der Waals surface area contributed by atoms with Crippen LogP contribution in [0.2, 0.25) is 0 Å². The molecule has 0 spiro atoms. The van der Waals surface area contributed by atoms with Crippen LogP contribution in [0.25, 0.3) is 0 Å². The lowest BCUT2D eigenvalue weighted by molar-refractivity contribution is -0.274. The van der Waals surface area contributed by atoms with Crippen molar-refractivity contribution in [3.8, 4) is 23.0 Å². The van der Waals surface area contributed by atoms with Crippen molar-refractivity contribution in [2.45, 2.75) is 19.0 Å². The summed E-state index contributed by atoms with van der Waals surface area (Å²) in [6, 6.07) is 10.6. The van der Waals surface area contributed by atoms with Gasteiger partial charge in [-0.15, -0.1) is 13.2 Å². The number of fused-ring (bicyclic) bond motifs is 1. The fourth-order valence-corrected chi connectivity index (χ4v) is 2.42. The first-order valence-corrected chi connectivity index (χ1v) is 8.15. The van der Waals surface area contributed by atoms with E-state index in [1.54, 1.807) is 0 Å². The third-order valence-electron chi connectivity index (χ3n) is 3.65. The second-order valence-electron chi connectivity index (χ2n) is 5.80. The zero-order valence-electron chi connectivity index (χ0n) is 14.2. The highest BCUT2D eigenvalue weighted by Crippen LogP contribution is 2.32. The second kappa shape index (κ2) is 8.36. The van der Waals surface area contributed by atoms with E-state index in [9.17, 15) is 18.3 Å². The van der Waals surface area contributed by atoms with Gasteiger partial charge in [0.05, 0.1) is 0 Å². The number of benzene rings is 2. The Morgan fingerprint density at radius 2 is 1.74 bits per heavy atom. The Hall–Kier alpha value is -2.65. The van der Waals surface area contributed by atoms with Crippen LogP contribution in [-0.4, -0.2) is 37.5 Å². The van der Waals surface area contributed by atoms with Crippen LogP contribution in [0.1, 0.15) is 5.56 Å². The van der Waals surface area contributed by atoms with Crippen molar-refractivity contribution < 1.29 is 37.2 Å². The van der Waals surface area contributed by atoms with Crippen molar-refractivity contribution in [2.75, 3.05) is 19.9 Å². The Kier molecular flexibility index (Phi) is 5.92. The molecule has 0 aliphatic carbocycles. The van der Waals surface area contributed by atoms with Crippen LogP contribution in [-0.2, 0) is 6.54 Å². The van der Waals surface area contributed by atoms with Gasteiger partial charge in [0.1, 0.15) is 24.2 Å². The number of hydrogen-bond donors (Lipinski definition) is 2. The molecule has 2 aromatic carbocycles. The van der Waals surface area contributed by atoms with Crippen LogP contribution in [0.4, 0.5) is 13.2 Å². The minimum Gasteiger partial charge on any atom is -0.491 e. The number of aliphatic hydroxyl groups excluding tert-OH is 1. The smallest absolute Gasteiger partial charge is 0.491 e. The molecule has 2 aromatic rings. The lowest BCUT2D eigenvalue weighted by atomic mass is 10.2. The predicted molar refractivity (Wildman–Crippen MR) is 88.9 cm³/mol. The second-order valence-corrected chi connectivity index (χ2v) is 5.80. The molecule has 1 heterocycles. The molecular weight excluding hydrogens is 367 g/mol. The van der Waals surface area contributed by atoms with Crippen molar-refractivity contribution in [1.29, 1.82) is 0 Å². The Morgan fingerprint density at radius 1 is 1.04 bits per heavy atom. The molecule has 9 heteroatoms. The molecule has 27 heavy (non-hydrogen) atoms. The van der Waals surface area contributed by atoms with E-state index in [4.69, 9.17) is 14.2 Å². The van der Waals surface area contributed by atoms with Gasteiger partial charge in [-0.1, -0.05) is 6.07 Å². The third-order valence-corrected chi connectivity index (χ3v) is 3.65. The van der Waals surface area contributed by atoms with Crippen LogP contribution in [0.3, 0.4) is 0 Å². The highest BCUT2D eigenvalue weighted by Gasteiger charge is 2.31. The topological polar surface area (TPSA) is 69.2 Å². The van der Waals surface area contributed by atoms with Crippen molar-refractivity contribution in [3.63, 3.8) is 0 Å². The summed E-state index contributed by atoms with van der Waals surface area (Å²) in [5, 5.41) is 13.0. The number of alkyl halides is 3. The summed E-state index contributed by atoms with van der Waals surface area (Å²) in [5.41, 5.74) is 0.979. The van der Waals surface area contributed by atoms with Gasteiger partial charge in [-0.25, -0.2) is 0 Å². The molecule has 0 amide bonds. The molecule has 0 unspecified atom stereocenters. The summed E-state index contributed by atoms with van der Waals surface area (Å²) >= 11 is 0. The number of rotatable bonds is 8. The Bertz CT molecular complexity index is 752. The third kappa shape index (κ3) is 5.93. The van der Waals surface area contributed by atoms with E-state index in [-0.39, 0.29) is 25.7 Å². The lowest BCUT2D eigenvalue weighted by Crippen LogP contribution is -2.31. The first-order valence-electron chi connectivity index (χ1n) is 8.15. The van der Waals surface area contributed by atoms with Gasteiger partial charge in [0, 0.05) is 13.1 Å². The van der Waals surface area contributed by atoms with Gasteiger partial charge >= 0.3 is 6.36 Å². The number of nitrogens with one attached hydrogen (secondary N) is 1. The molecule has 1 atom stereocenters. The maximum absolute atomic E-state index is 12.1. The van der Waals surface area contributed by atoms with E-state index >= 15 is 0 Å². The molecule has 0 saturated carbocycles. The predicted octanol–water partition coefficient (Wildman–Crippen LogP) is 2.84. The largest absolute Gasteiger partial charge is 0.573 e. The molecule has 146 valence electrons. The molecule has 0 fully saturated rings. The van der Waals surface area contributed by atoms with Crippen LogP contribution in [0.15, 0.2) is 42.5 Å². The Morgan fingerprint density at radius 3 is 2.48 bits per heavy atom. The monoisotopic (exact) mass is 385 g/mol. The molecular formula is C18H18F3NO5. The van der Waals surface area contributed by atoms with E-state index in [0.717, 1.165) is 17.7 Å². The van der Waals surface area contributed by atoms with Crippen LogP contribution in [0, 0.1) is 0 Å². The fourth-order valence-electron chi connectivity index (χ4n) is 2.42. The molecule has 6 nitrogen and oxygen atoms in total. The standard InChI is InChI=1S/C18H18F3NO5/c19-18(20,21)27-15-4-2-14(3-5-15)24-10-13(23)9-22-8-12-1-6-16-17(7-12)26-11-25-16/h1-7,13,22-23H,8-11H2/t13-/m1/s1. The zero-order chi connectivity index (χ0) is 19.3. The SMILES string of the molecule is O[C@H](CNCc1ccc2c(c1)OCO2)COc1ccc(OC(F)(F)F)cc1. The highest BCUT2D eigenvalue weighted by atomic mass is 19.4. The summed E-state index contributed by atoms with van der Waals surface area (Å²) in [7, 11) is 0. The average Bonchev–Trinajstić information content (AvgIpc) is 3.07. The fraction of sp³-hybridized carbons (Fsp3) is 0.333.